The Labute approximate surface area is 154 Å². The van der Waals surface area contributed by atoms with Gasteiger partial charge in [-0.05, 0) is 30.7 Å². The van der Waals surface area contributed by atoms with Crippen molar-refractivity contribution >= 4 is 21.5 Å². The monoisotopic (exact) mass is 394 g/mol. The highest BCUT2D eigenvalue weighted by Crippen LogP contribution is 2.26. The highest BCUT2D eigenvalue weighted by molar-refractivity contribution is 7.92. The van der Waals surface area contributed by atoms with Crippen molar-refractivity contribution in [2.45, 2.75) is 13.3 Å². The first kappa shape index (κ1) is 18.7. The SMILES string of the molecule is CCCS(=O)(=O)Nc1ccc(F)c(-n2cc(-c3ccc(N)nc3)nn2)c1F. The number of nitrogens with two attached hydrogens (primary N) is 1. The molecule has 2 heterocycles. The molecule has 0 bridgehead atoms. The standard InChI is InChI=1S/C16H16F2N6O2S/c1-2-7-27(25,26)22-12-5-4-11(17)16(15(12)18)24-9-13(21-23-24)10-3-6-14(19)20-8-10/h3-6,8-9,22H,2,7H2,1H3,(H2,19,20). The predicted octanol–water partition coefficient (Wildman–Crippen LogP) is 2.34. The molecule has 0 atom stereocenters. The Kier molecular flexibility index (Phi) is 5.04. The van der Waals surface area contributed by atoms with E-state index in [0.29, 0.717) is 23.5 Å². The predicted molar refractivity (Wildman–Crippen MR) is 96.6 cm³/mol. The highest BCUT2D eigenvalue weighted by Gasteiger charge is 2.20. The second-order valence-electron chi connectivity index (χ2n) is 5.70. The van der Waals surface area contributed by atoms with Crippen LogP contribution in [0.2, 0.25) is 0 Å². The Morgan fingerprint density at radius 1 is 1.22 bits per heavy atom. The van der Waals surface area contributed by atoms with Gasteiger partial charge in [0.05, 0.1) is 17.6 Å². The van der Waals surface area contributed by atoms with Crippen LogP contribution in [0.5, 0.6) is 0 Å². The molecule has 0 aliphatic rings. The average molecular weight is 394 g/mol. The fourth-order valence-electron chi connectivity index (χ4n) is 2.38. The molecule has 1 aromatic carbocycles. The first-order valence-electron chi connectivity index (χ1n) is 7.94. The molecule has 0 amide bonds. The number of hydrogen-bond acceptors (Lipinski definition) is 6. The largest absolute Gasteiger partial charge is 0.384 e. The van der Waals surface area contributed by atoms with Gasteiger partial charge in [-0.2, -0.15) is 0 Å². The molecule has 0 fully saturated rings. The Hall–Kier alpha value is -3.08. The molecule has 27 heavy (non-hydrogen) atoms. The topological polar surface area (TPSA) is 116 Å². The summed E-state index contributed by atoms with van der Waals surface area (Å²) in [6.45, 7) is 1.68. The Morgan fingerprint density at radius 2 is 2.00 bits per heavy atom. The molecule has 2 aromatic heterocycles. The summed E-state index contributed by atoms with van der Waals surface area (Å²) in [6, 6.07) is 5.16. The molecule has 0 aliphatic heterocycles. The lowest BCUT2D eigenvalue weighted by Gasteiger charge is -2.11. The summed E-state index contributed by atoms with van der Waals surface area (Å²) in [5, 5.41) is 7.60. The number of sulfonamides is 1. The van der Waals surface area contributed by atoms with Gasteiger partial charge in [0.25, 0.3) is 0 Å². The molecule has 3 rings (SSSR count). The summed E-state index contributed by atoms with van der Waals surface area (Å²) in [5.41, 5.74) is 5.47. The number of hydrogen-bond donors (Lipinski definition) is 2. The van der Waals surface area contributed by atoms with E-state index in [9.17, 15) is 17.2 Å². The third kappa shape index (κ3) is 4.03. The number of benzene rings is 1. The van der Waals surface area contributed by atoms with E-state index in [0.717, 1.165) is 16.8 Å². The zero-order valence-electron chi connectivity index (χ0n) is 14.2. The lowest BCUT2D eigenvalue weighted by atomic mass is 10.2. The van der Waals surface area contributed by atoms with E-state index in [2.05, 4.69) is 20.0 Å². The molecule has 0 saturated carbocycles. The first-order valence-corrected chi connectivity index (χ1v) is 9.59. The van der Waals surface area contributed by atoms with Crippen molar-refractivity contribution in [1.29, 1.82) is 0 Å². The zero-order chi connectivity index (χ0) is 19.6. The van der Waals surface area contributed by atoms with Crippen LogP contribution >= 0.6 is 0 Å². The Balaban J connectivity index is 2.00. The lowest BCUT2D eigenvalue weighted by Crippen LogP contribution is -2.18. The van der Waals surface area contributed by atoms with Crippen molar-refractivity contribution in [1.82, 2.24) is 20.0 Å². The van der Waals surface area contributed by atoms with E-state index in [-0.39, 0.29) is 11.4 Å². The minimum Gasteiger partial charge on any atom is -0.384 e. The van der Waals surface area contributed by atoms with Crippen LogP contribution in [-0.4, -0.2) is 34.1 Å². The summed E-state index contributed by atoms with van der Waals surface area (Å²) in [4.78, 5) is 3.92. The molecule has 0 spiro atoms. The van der Waals surface area contributed by atoms with E-state index >= 15 is 0 Å². The second kappa shape index (κ2) is 7.27. The number of anilines is 2. The van der Waals surface area contributed by atoms with Crippen LogP contribution in [0.1, 0.15) is 13.3 Å². The van der Waals surface area contributed by atoms with Crippen LogP contribution < -0.4 is 10.5 Å². The fourth-order valence-corrected chi connectivity index (χ4v) is 3.51. The number of halogens is 2. The normalized spacial score (nSPS) is 11.5. The lowest BCUT2D eigenvalue weighted by molar-refractivity contribution is 0.558. The van der Waals surface area contributed by atoms with Gasteiger partial charge >= 0.3 is 0 Å². The van der Waals surface area contributed by atoms with Gasteiger partial charge in [0.1, 0.15) is 17.2 Å². The summed E-state index contributed by atoms with van der Waals surface area (Å²) >= 11 is 0. The zero-order valence-corrected chi connectivity index (χ0v) is 15.0. The van der Waals surface area contributed by atoms with Gasteiger partial charge in [-0.1, -0.05) is 12.1 Å². The second-order valence-corrected chi connectivity index (χ2v) is 7.54. The summed E-state index contributed by atoms with van der Waals surface area (Å²) < 4.78 is 55.8. The van der Waals surface area contributed by atoms with Crippen LogP contribution in [0.25, 0.3) is 16.9 Å². The molecule has 3 N–H and O–H groups in total. The molecule has 8 nitrogen and oxygen atoms in total. The maximum atomic E-state index is 14.8. The maximum absolute atomic E-state index is 14.8. The van der Waals surface area contributed by atoms with Crippen LogP contribution in [0, 0.1) is 11.6 Å². The molecule has 0 saturated heterocycles. The number of rotatable bonds is 6. The minimum absolute atomic E-state index is 0.184. The van der Waals surface area contributed by atoms with Crippen molar-refractivity contribution in [2.24, 2.45) is 0 Å². The van der Waals surface area contributed by atoms with Crippen molar-refractivity contribution in [3.8, 4) is 16.9 Å². The molecule has 0 aliphatic carbocycles. The summed E-state index contributed by atoms with van der Waals surface area (Å²) in [7, 11) is -3.74. The smallest absolute Gasteiger partial charge is 0.232 e. The van der Waals surface area contributed by atoms with E-state index in [4.69, 9.17) is 5.73 Å². The van der Waals surface area contributed by atoms with Gasteiger partial charge in [-0.25, -0.2) is 26.9 Å². The fraction of sp³-hybridized carbons (Fsp3) is 0.188. The molecule has 11 heteroatoms. The van der Waals surface area contributed by atoms with Crippen LogP contribution in [-0.2, 0) is 10.0 Å². The van der Waals surface area contributed by atoms with E-state index in [1.165, 1.54) is 12.4 Å². The molecule has 0 radical (unpaired) electrons. The quantitative estimate of drug-likeness (QED) is 0.663. The number of pyridine rings is 1. The molecule has 3 aromatic rings. The first-order chi connectivity index (χ1) is 12.8. The average Bonchev–Trinajstić information content (AvgIpc) is 3.08. The number of nitrogens with zero attached hydrogens (tertiary/aromatic N) is 4. The van der Waals surface area contributed by atoms with Crippen LogP contribution in [0.4, 0.5) is 20.3 Å². The van der Waals surface area contributed by atoms with Gasteiger partial charge in [-0.15, -0.1) is 5.10 Å². The van der Waals surface area contributed by atoms with Crippen LogP contribution in [0.3, 0.4) is 0 Å². The van der Waals surface area contributed by atoms with Crippen molar-refractivity contribution in [3.05, 3.63) is 48.3 Å². The number of nitrogens with one attached hydrogen (secondary N) is 1. The molecule has 142 valence electrons. The van der Waals surface area contributed by atoms with Crippen LogP contribution in [0.15, 0.2) is 36.7 Å². The minimum atomic E-state index is -3.74. The van der Waals surface area contributed by atoms with Crippen molar-refractivity contribution < 1.29 is 17.2 Å². The van der Waals surface area contributed by atoms with E-state index < -0.39 is 27.3 Å². The summed E-state index contributed by atoms with van der Waals surface area (Å²) in [6.07, 6.45) is 3.11. The third-order valence-electron chi connectivity index (χ3n) is 3.61. The third-order valence-corrected chi connectivity index (χ3v) is 5.09. The molecular weight excluding hydrogens is 378 g/mol. The van der Waals surface area contributed by atoms with Gasteiger partial charge in [0, 0.05) is 11.8 Å². The maximum Gasteiger partial charge on any atom is 0.232 e. The molecular formula is C16H16F2N6O2S. The van der Waals surface area contributed by atoms with Crippen molar-refractivity contribution in [2.75, 3.05) is 16.2 Å². The number of aromatic nitrogens is 4. The van der Waals surface area contributed by atoms with Gasteiger partial charge < -0.3 is 5.73 Å². The molecule has 0 unspecified atom stereocenters. The van der Waals surface area contributed by atoms with Gasteiger partial charge in [0.15, 0.2) is 11.6 Å². The number of nitrogen functional groups attached to an aromatic ring is 1. The Morgan fingerprint density at radius 3 is 2.67 bits per heavy atom. The highest BCUT2D eigenvalue weighted by atomic mass is 32.2. The Bertz CT molecular complexity index is 1070. The van der Waals surface area contributed by atoms with E-state index in [1.807, 2.05) is 0 Å². The van der Waals surface area contributed by atoms with E-state index in [1.54, 1.807) is 19.1 Å². The summed E-state index contributed by atoms with van der Waals surface area (Å²) in [5.74, 6) is -1.88. The van der Waals surface area contributed by atoms with Gasteiger partial charge in [-0.3, -0.25) is 4.72 Å². The van der Waals surface area contributed by atoms with Gasteiger partial charge in [0.2, 0.25) is 10.0 Å². The van der Waals surface area contributed by atoms with Crippen molar-refractivity contribution in [3.63, 3.8) is 0 Å².